The number of aromatic amines is 1. The molecule has 1 N–H and O–H groups in total. The minimum absolute atomic E-state index is 0.106. The van der Waals surface area contributed by atoms with E-state index in [1.165, 1.54) is 6.92 Å². The molecule has 0 spiro atoms. The van der Waals surface area contributed by atoms with E-state index in [2.05, 4.69) is 23.7 Å². The van der Waals surface area contributed by atoms with Gasteiger partial charge in [0.25, 0.3) is 0 Å². The zero-order valence-corrected chi connectivity index (χ0v) is 16.5. The number of aromatic nitrogens is 1. The summed E-state index contributed by atoms with van der Waals surface area (Å²) in [5, 5.41) is 0. The molecular formula is C21H26N2O4. The van der Waals surface area contributed by atoms with Gasteiger partial charge in [0.05, 0.1) is 11.3 Å². The Morgan fingerprint density at radius 2 is 1.63 bits per heavy atom. The van der Waals surface area contributed by atoms with Crippen LogP contribution in [-0.2, 0) is 4.74 Å². The number of aryl methyl sites for hydroxylation is 1. The number of nitrogens with one attached hydrogen (secondary N) is 1. The Balaban J connectivity index is 2.04. The zero-order chi connectivity index (χ0) is 20.1. The monoisotopic (exact) mass is 370 g/mol. The Kier molecular flexibility index (Phi) is 6.55. The molecule has 0 radical (unpaired) electrons. The maximum Gasteiger partial charge on any atom is 0.338 e. The van der Waals surface area contributed by atoms with E-state index >= 15 is 0 Å². The lowest BCUT2D eigenvalue weighted by Crippen LogP contribution is -2.21. The number of rotatable bonds is 8. The molecule has 0 unspecified atom stereocenters. The molecule has 0 saturated carbocycles. The standard InChI is InChI=1S/C21H26N2O4/c1-6-23(7-2)17-10-8-16(9-11-17)21(26)27-12-18(25)20-13(3)19(15(5)24)14(4)22-20/h8-11,22H,6-7,12H2,1-5H3. The third-order valence-electron chi connectivity index (χ3n) is 4.63. The van der Waals surface area contributed by atoms with Gasteiger partial charge in [-0.25, -0.2) is 4.79 Å². The Morgan fingerprint density at radius 1 is 1.04 bits per heavy atom. The van der Waals surface area contributed by atoms with E-state index in [9.17, 15) is 14.4 Å². The fourth-order valence-corrected chi connectivity index (χ4v) is 3.24. The highest BCUT2D eigenvalue weighted by molar-refractivity contribution is 6.04. The zero-order valence-electron chi connectivity index (χ0n) is 16.5. The van der Waals surface area contributed by atoms with Crippen LogP contribution in [0.5, 0.6) is 0 Å². The smallest absolute Gasteiger partial charge is 0.338 e. The number of ketones is 2. The largest absolute Gasteiger partial charge is 0.454 e. The minimum Gasteiger partial charge on any atom is -0.454 e. The number of anilines is 1. The van der Waals surface area contributed by atoms with E-state index in [1.807, 2.05) is 12.1 Å². The normalized spacial score (nSPS) is 10.6. The first-order valence-corrected chi connectivity index (χ1v) is 9.05. The van der Waals surface area contributed by atoms with Crippen LogP contribution in [0.25, 0.3) is 0 Å². The first-order valence-electron chi connectivity index (χ1n) is 9.05. The predicted molar refractivity (Wildman–Crippen MR) is 105 cm³/mol. The maximum absolute atomic E-state index is 12.4. The highest BCUT2D eigenvalue weighted by Gasteiger charge is 2.21. The number of benzene rings is 1. The summed E-state index contributed by atoms with van der Waals surface area (Å²) in [4.78, 5) is 41.4. The van der Waals surface area contributed by atoms with E-state index in [0.29, 0.717) is 28.1 Å². The number of hydrogen-bond acceptors (Lipinski definition) is 5. The van der Waals surface area contributed by atoms with Gasteiger partial charge in [0.1, 0.15) is 0 Å². The average molecular weight is 370 g/mol. The highest BCUT2D eigenvalue weighted by Crippen LogP contribution is 2.19. The molecule has 0 atom stereocenters. The fourth-order valence-electron chi connectivity index (χ4n) is 3.24. The second-order valence-corrected chi connectivity index (χ2v) is 6.40. The molecule has 2 rings (SSSR count). The van der Waals surface area contributed by atoms with Crippen LogP contribution in [0.2, 0.25) is 0 Å². The van der Waals surface area contributed by atoms with Crippen LogP contribution in [0.3, 0.4) is 0 Å². The van der Waals surface area contributed by atoms with Crippen LogP contribution in [0, 0.1) is 13.8 Å². The summed E-state index contributed by atoms with van der Waals surface area (Å²) in [7, 11) is 0. The summed E-state index contributed by atoms with van der Waals surface area (Å²) in [6.45, 7) is 10.4. The van der Waals surface area contributed by atoms with E-state index in [4.69, 9.17) is 4.74 Å². The molecule has 0 amide bonds. The van der Waals surface area contributed by atoms with E-state index in [0.717, 1.165) is 18.8 Å². The summed E-state index contributed by atoms with van der Waals surface area (Å²) in [6.07, 6.45) is 0. The molecule has 144 valence electrons. The van der Waals surface area contributed by atoms with Gasteiger partial charge >= 0.3 is 5.97 Å². The van der Waals surface area contributed by atoms with Crippen molar-refractivity contribution in [2.45, 2.75) is 34.6 Å². The summed E-state index contributed by atoms with van der Waals surface area (Å²) in [5.74, 6) is -1.02. The molecule has 0 aliphatic carbocycles. The molecular weight excluding hydrogens is 344 g/mol. The van der Waals surface area contributed by atoms with Crippen LogP contribution in [0.1, 0.15) is 63.2 Å². The van der Waals surface area contributed by atoms with E-state index in [1.54, 1.807) is 26.0 Å². The molecule has 1 aromatic carbocycles. The molecule has 0 fully saturated rings. The quantitative estimate of drug-likeness (QED) is 0.566. The molecule has 0 aliphatic rings. The van der Waals surface area contributed by atoms with Crippen LogP contribution < -0.4 is 4.90 Å². The van der Waals surface area contributed by atoms with E-state index in [-0.39, 0.29) is 18.2 Å². The van der Waals surface area contributed by atoms with Gasteiger partial charge in [-0.2, -0.15) is 0 Å². The van der Waals surface area contributed by atoms with E-state index < -0.39 is 5.97 Å². The van der Waals surface area contributed by atoms with Crippen molar-refractivity contribution in [3.8, 4) is 0 Å². The van der Waals surface area contributed by atoms with Gasteiger partial charge in [-0.3, -0.25) is 9.59 Å². The second-order valence-electron chi connectivity index (χ2n) is 6.40. The first kappa shape index (κ1) is 20.4. The highest BCUT2D eigenvalue weighted by atomic mass is 16.5. The number of carbonyl (C=O) groups excluding carboxylic acids is 3. The van der Waals surface area contributed by atoms with Gasteiger partial charge < -0.3 is 14.6 Å². The number of nitrogens with zero attached hydrogens (tertiary/aromatic N) is 1. The van der Waals surface area contributed by atoms with Crippen molar-refractivity contribution in [2.24, 2.45) is 0 Å². The van der Waals surface area contributed by atoms with Gasteiger partial charge in [-0.1, -0.05) is 0 Å². The molecule has 0 aliphatic heterocycles. The average Bonchev–Trinajstić information content (AvgIpc) is 2.95. The van der Waals surface area contributed by atoms with Gasteiger partial charge in [-0.05, 0) is 64.4 Å². The third kappa shape index (κ3) is 4.45. The minimum atomic E-state index is -0.554. The lowest BCUT2D eigenvalue weighted by Gasteiger charge is -2.20. The number of hydrogen-bond donors (Lipinski definition) is 1. The molecule has 6 nitrogen and oxygen atoms in total. The summed E-state index contributed by atoms with van der Waals surface area (Å²) in [5.41, 5.74) is 3.47. The Bertz CT molecular complexity index is 846. The van der Waals surface area contributed by atoms with Gasteiger partial charge in [0.2, 0.25) is 5.78 Å². The van der Waals surface area contributed by atoms with Crippen molar-refractivity contribution in [2.75, 3.05) is 24.6 Å². The number of esters is 1. The molecule has 6 heteroatoms. The fraction of sp³-hybridized carbons (Fsp3) is 0.381. The summed E-state index contributed by atoms with van der Waals surface area (Å²) in [6, 6.07) is 7.11. The number of carbonyl (C=O) groups is 3. The third-order valence-corrected chi connectivity index (χ3v) is 4.63. The van der Waals surface area contributed by atoms with Crippen molar-refractivity contribution in [3.63, 3.8) is 0 Å². The van der Waals surface area contributed by atoms with Crippen molar-refractivity contribution in [1.29, 1.82) is 0 Å². The van der Waals surface area contributed by atoms with Crippen molar-refractivity contribution in [1.82, 2.24) is 4.98 Å². The number of Topliss-reactive ketones (excluding diaryl/α,β-unsaturated/α-hetero) is 2. The first-order chi connectivity index (χ1) is 12.8. The SMILES string of the molecule is CCN(CC)c1ccc(C(=O)OCC(=O)c2[nH]c(C)c(C(C)=O)c2C)cc1. The Hall–Kier alpha value is -2.89. The van der Waals surface area contributed by atoms with Crippen molar-refractivity contribution in [3.05, 3.63) is 52.3 Å². The molecule has 1 aromatic heterocycles. The van der Waals surface area contributed by atoms with Crippen LogP contribution in [-0.4, -0.2) is 42.2 Å². The molecule has 27 heavy (non-hydrogen) atoms. The Labute approximate surface area is 159 Å². The van der Waals surface area contributed by atoms with Crippen LogP contribution in [0.15, 0.2) is 24.3 Å². The summed E-state index contributed by atoms with van der Waals surface area (Å²) >= 11 is 0. The lowest BCUT2D eigenvalue weighted by molar-refractivity contribution is 0.0473. The number of ether oxygens (including phenoxy) is 1. The topological polar surface area (TPSA) is 79.5 Å². The maximum atomic E-state index is 12.4. The van der Waals surface area contributed by atoms with Gasteiger partial charge in [0.15, 0.2) is 12.4 Å². The van der Waals surface area contributed by atoms with Crippen molar-refractivity contribution < 1.29 is 19.1 Å². The van der Waals surface area contributed by atoms with Gasteiger partial charge in [0, 0.05) is 30.0 Å². The predicted octanol–water partition coefficient (Wildman–Crippen LogP) is 3.72. The second kappa shape index (κ2) is 8.66. The molecule has 2 aromatic rings. The number of H-pyrrole nitrogens is 1. The summed E-state index contributed by atoms with van der Waals surface area (Å²) < 4.78 is 5.15. The van der Waals surface area contributed by atoms with Crippen LogP contribution in [0.4, 0.5) is 5.69 Å². The van der Waals surface area contributed by atoms with Gasteiger partial charge in [-0.15, -0.1) is 0 Å². The molecule has 0 bridgehead atoms. The molecule has 1 heterocycles. The van der Waals surface area contributed by atoms with Crippen LogP contribution >= 0.6 is 0 Å². The Morgan fingerprint density at radius 3 is 2.11 bits per heavy atom. The van der Waals surface area contributed by atoms with Crippen molar-refractivity contribution >= 4 is 23.2 Å². The lowest BCUT2D eigenvalue weighted by atomic mass is 10.1. The molecule has 0 saturated heterocycles.